The van der Waals surface area contributed by atoms with E-state index in [0.29, 0.717) is 17.8 Å². The molecule has 3 rings (SSSR count). The number of halogens is 1. The number of nitrogens with zero attached hydrogens (tertiary/aromatic N) is 3. The standard InChI is InChI=1S/C16H22ClN3/c1-3-12-4-5-14(11(12)2)20-15-7-9-18-10-13(15)19-16(20)6-8-17/h7,9-12,14H,3-6,8H2,1-2H3. The van der Waals surface area contributed by atoms with Gasteiger partial charge in [-0.1, -0.05) is 20.3 Å². The second-order valence-electron chi connectivity index (χ2n) is 5.87. The fourth-order valence-corrected chi connectivity index (χ4v) is 3.97. The summed E-state index contributed by atoms with van der Waals surface area (Å²) in [6.07, 6.45) is 8.41. The summed E-state index contributed by atoms with van der Waals surface area (Å²) in [5, 5.41) is 0. The first-order chi connectivity index (χ1) is 9.76. The number of hydrogen-bond acceptors (Lipinski definition) is 2. The Morgan fingerprint density at radius 3 is 2.95 bits per heavy atom. The molecule has 2 heterocycles. The van der Waals surface area contributed by atoms with E-state index in [-0.39, 0.29) is 0 Å². The Labute approximate surface area is 125 Å². The molecule has 0 amide bonds. The third kappa shape index (κ3) is 2.22. The van der Waals surface area contributed by atoms with Crippen molar-refractivity contribution in [1.82, 2.24) is 14.5 Å². The molecule has 0 aromatic carbocycles. The number of hydrogen-bond donors (Lipinski definition) is 0. The summed E-state index contributed by atoms with van der Waals surface area (Å²) in [4.78, 5) is 8.94. The SMILES string of the molecule is CCC1CCC(n2c(CCCl)nc3cnccc32)C1C. The second kappa shape index (κ2) is 5.72. The van der Waals surface area contributed by atoms with E-state index in [1.54, 1.807) is 0 Å². The first-order valence-corrected chi connectivity index (χ1v) is 8.16. The van der Waals surface area contributed by atoms with Crippen LogP contribution in [0.3, 0.4) is 0 Å². The lowest BCUT2D eigenvalue weighted by Crippen LogP contribution is -2.18. The van der Waals surface area contributed by atoms with E-state index in [0.717, 1.165) is 23.7 Å². The van der Waals surface area contributed by atoms with Crippen LogP contribution in [-0.4, -0.2) is 20.4 Å². The summed E-state index contributed by atoms with van der Waals surface area (Å²) in [6.45, 7) is 4.70. The zero-order valence-electron chi connectivity index (χ0n) is 12.2. The van der Waals surface area contributed by atoms with Crippen LogP contribution in [0.25, 0.3) is 11.0 Å². The van der Waals surface area contributed by atoms with Crippen LogP contribution >= 0.6 is 11.6 Å². The van der Waals surface area contributed by atoms with Crippen LogP contribution in [-0.2, 0) is 6.42 Å². The van der Waals surface area contributed by atoms with E-state index in [1.165, 1.54) is 24.8 Å². The van der Waals surface area contributed by atoms with Crippen molar-refractivity contribution in [2.75, 3.05) is 5.88 Å². The molecule has 0 saturated heterocycles. The molecule has 0 bridgehead atoms. The molecule has 1 fully saturated rings. The van der Waals surface area contributed by atoms with Gasteiger partial charge in [0.05, 0.1) is 11.7 Å². The van der Waals surface area contributed by atoms with Crippen LogP contribution in [0.5, 0.6) is 0 Å². The highest BCUT2D eigenvalue weighted by Crippen LogP contribution is 2.43. The summed E-state index contributed by atoms with van der Waals surface area (Å²) in [6, 6.07) is 2.65. The van der Waals surface area contributed by atoms with Crippen molar-refractivity contribution in [2.45, 2.75) is 45.6 Å². The third-order valence-electron chi connectivity index (χ3n) is 4.92. The van der Waals surface area contributed by atoms with Crippen LogP contribution in [0, 0.1) is 11.8 Å². The van der Waals surface area contributed by atoms with Crippen molar-refractivity contribution in [2.24, 2.45) is 11.8 Å². The monoisotopic (exact) mass is 291 g/mol. The molecule has 1 aliphatic carbocycles. The van der Waals surface area contributed by atoms with Gasteiger partial charge in [0.25, 0.3) is 0 Å². The van der Waals surface area contributed by atoms with Gasteiger partial charge in [0.2, 0.25) is 0 Å². The number of alkyl halides is 1. The van der Waals surface area contributed by atoms with Crippen LogP contribution in [0.4, 0.5) is 0 Å². The molecule has 0 radical (unpaired) electrons. The minimum absolute atomic E-state index is 0.561. The average Bonchev–Trinajstić information content (AvgIpc) is 2.99. The lowest BCUT2D eigenvalue weighted by Gasteiger charge is -2.23. The fraction of sp³-hybridized carbons (Fsp3) is 0.625. The van der Waals surface area contributed by atoms with Crippen molar-refractivity contribution in [3.8, 4) is 0 Å². The van der Waals surface area contributed by atoms with Crippen molar-refractivity contribution < 1.29 is 0 Å². The smallest absolute Gasteiger partial charge is 0.111 e. The maximum absolute atomic E-state index is 5.97. The topological polar surface area (TPSA) is 30.7 Å². The third-order valence-corrected chi connectivity index (χ3v) is 5.11. The molecule has 3 unspecified atom stereocenters. The van der Waals surface area contributed by atoms with Crippen LogP contribution in [0.15, 0.2) is 18.5 Å². The molecule has 1 saturated carbocycles. The van der Waals surface area contributed by atoms with Gasteiger partial charge in [0.15, 0.2) is 0 Å². The van der Waals surface area contributed by atoms with E-state index in [1.807, 2.05) is 12.4 Å². The van der Waals surface area contributed by atoms with Gasteiger partial charge >= 0.3 is 0 Å². The largest absolute Gasteiger partial charge is 0.324 e. The molecule has 20 heavy (non-hydrogen) atoms. The molecule has 0 N–H and O–H groups in total. The summed E-state index contributed by atoms with van der Waals surface area (Å²) in [5.74, 6) is 3.29. The highest BCUT2D eigenvalue weighted by molar-refractivity contribution is 6.17. The molecule has 2 aromatic rings. The highest BCUT2D eigenvalue weighted by Gasteiger charge is 2.34. The van der Waals surface area contributed by atoms with E-state index in [9.17, 15) is 0 Å². The maximum Gasteiger partial charge on any atom is 0.111 e. The van der Waals surface area contributed by atoms with Gasteiger partial charge < -0.3 is 4.57 Å². The molecule has 0 aliphatic heterocycles. The maximum atomic E-state index is 5.97. The molecule has 3 nitrogen and oxygen atoms in total. The Hall–Kier alpha value is -1.09. The molecule has 2 aromatic heterocycles. The van der Waals surface area contributed by atoms with Crippen LogP contribution in [0.1, 0.15) is 45.0 Å². The summed E-state index contributed by atoms with van der Waals surface area (Å²) in [7, 11) is 0. The van der Waals surface area contributed by atoms with Crippen molar-refractivity contribution in [3.05, 3.63) is 24.3 Å². The quantitative estimate of drug-likeness (QED) is 0.790. The van der Waals surface area contributed by atoms with Gasteiger partial charge in [-0.2, -0.15) is 0 Å². The second-order valence-corrected chi connectivity index (χ2v) is 6.25. The molecular weight excluding hydrogens is 270 g/mol. The summed E-state index contributed by atoms with van der Waals surface area (Å²) in [5.41, 5.74) is 2.22. The number of pyridine rings is 1. The van der Waals surface area contributed by atoms with Gasteiger partial charge in [-0.05, 0) is 30.7 Å². The molecule has 1 aliphatic rings. The Morgan fingerprint density at radius 1 is 1.40 bits per heavy atom. The van der Waals surface area contributed by atoms with E-state index >= 15 is 0 Å². The van der Waals surface area contributed by atoms with E-state index in [2.05, 4.69) is 29.5 Å². The summed E-state index contributed by atoms with van der Waals surface area (Å²) < 4.78 is 2.44. The highest BCUT2D eigenvalue weighted by atomic mass is 35.5. The lowest BCUT2D eigenvalue weighted by molar-refractivity contribution is 0.329. The number of fused-ring (bicyclic) bond motifs is 1. The van der Waals surface area contributed by atoms with Crippen molar-refractivity contribution >= 4 is 22.6 Å². The number of imidazole rings is 1. The zero-order valence-corrected chi connectivity index (χ0v) is 13.0. The Balaban J connectivity index is 2.07. The number of aromatic nitrogens is 3. The van der Waals surface area contributed by atoms with Gasteiger partial charge in [-0.3, -0.25) is 4.98 Å². The minimum atomic E-state index is 0.561. The number of aryl methyl sites for hydroxylation is 1. The lowest BCUT2D eigenvalue weighted by atomic mass is 9.93. The first-order valence-electron chi connectivity index (χ1n) is 7.63. The molecule has 0 spiro atoms. The van der Waals surface area contributed by atoms with Crippen molar-refractivity contribution in [1.29, 1.82) is 0 Å². The predicted octanol–water partition coefficient (Wildman–Crippen LogP) is 4.21. The van der Waals surface area contributed by atoms with Gasteiger partial charge in [0.1, 0.15) is 11.3 Å². The predicted molar refractivity (Wildman–Crippen MR) is 83.2 cm³/mol. The average molecular weight is 292 g/mol. The fourth-order valence-electron chi connectivity index (χ4n) is 3.80. The van der Waals surface area contributed by atoms with Crippen molar-refractivity contribution in [3.63, 3.8) is 0 Å². The Kier molecular flexibility index (Phi) is 3.97. The zero-order chi connectivity index (χ0) is 14.1. The van der Waals surface area contributed by atoms with Gasteiger partial charge in [-0.25, -0.2) is 4.98 Å². The Bertz CT molecular complexity index is 592. The van der Waals surface area contributed by atoms with Crippen LogP contribution < -0.4 is 0 Å². The molecule has 108 valence electrons. The number of rotatable bonds is 4. The Morgan fingerprint density at radius 2 is 2.25 bits per heavy atom. The van der Waals surface area contributed by atoms with Crippen LogP contribution in [0.2, 0.25) is 0 Å². The molecule has 3 atom stereocenters. The van der Waals surface area contributed by atoms with Gasteiger partial charge in [0, 0.05) is 24.5 Å². The minimum Gasteiger partial charge on any atom is -0.324 e. The first kappa shape index (κ1) is 13.9. The summed E-state index contributed by atoms with van der Waals surface area (Å²) >= 11 is 5.97. The van der Waals surface area contributed by atoms with Gasteiger partial charge in [-0.15, -0.1) is 11.6 Å². The normalized spacial score (nSPS) is 26.4. The molecule has 4 heteroatoms. The van der Waals surface area contributed by atoms with E-state index in [4.69, 9.17) is 16.6 Å². The molecular formula is C16H22ClN3. The van der Waals surface area contributed by atoms with E-state index < -0.39 is 0 Å².